The van der Waals surface area contributed by atoms with Gasteiger partial charge >= 0.3 is 0 Å². The number of ether oxygens (including phenoxy) is 2. The molecule has 1 aromatic rings. The van der Waals surface area contributed by atoms with Gasteiger partial charge in [0.1, 0.15) is 5.82 Å². The summed E-state index contributed by atoms with van der Waals surface area (Å²) in [5.74, 6) is 1.64. The lowest BCUT2D eigenvalue weighted by Crippen LogP contribution is -2.11. The predicted octanol–water partition coefficient (Wildman–Crippen LogP) is 1.49. The van der Waals surface area contributed by atoms with Gasteiger partial charge in [0.25, 0.3) is 0 Å². The van der Waals surface area contributed by atoms with Gasteiger partial charge in [-0.1, -0.05) is 0 Å². The van der Waals surface area contributed by atoms with E-state index < -0.39 is 0 Å². The summed E-state index contributed by atoms with van der Waals surface area (Å²) in [6.07, 6.45) is 2.49. The number of hydrogen-bond donors (Lipinski definition) is 1. The number of anilines is 1. The second-order valence-corrected chi connectivity index (χ2v) is 4.52. The molecule has 0 aliphatic heterocycles. The third kappa shape index (κ3) is 3.70. The molecule has 0 spiro atoms. The monoisotopic (exact) mass is 243 g/mol. The van der Waals surface area contributed by atoms with Gasteiger partial charge in [-0.15, -0.1) is 0 Å². The molecule has 0 radical (unpaired) electrons. The van der Waals surface area contributed by atoms with E-state index in [4.69, 9.17) is 9.47 Å². The fourth-order valence-electron chi connectivity index (χ4n) is 1.29. The maximum absolute atomic E-state index is 5.33. The van der Waals surface area contributed by atoms with E-state index in [1.807, 2.05) is 0 Å². The molecule has 1 aromatic heterocycles. The lowest BCUT2D eigenvalue weighted by atomic mass is 10.4. The van der Waals surface area contributed by atoms with Gasteiger partial charge in [0, 0.05) is 31.1 Å². The first-order valence-electron chi connectivity index (χ1n) is 5.54. The van der Waals surface area contributed by atoms with Crippen molar-refractivity contribution in [1.82, 2.24) is 9.36 Å². The maximum atomic E-state index is 5.33. The van der Waals surface area contributed by atoms with Crippen LogP contribution >= 0.6 is 11.5 Å². The van der Waals surface area contributed by atoms with Gasteiger partial charge in [-0.2, -0.15) is 4.37 Å². The largest absolute Gasteiger partial charge is 0.382 e. The van der Waals surface area contributed by atoms with Gasteiger partial charge in [-0.25, -0.2) is 4.98 Å². The minimum Gasteiger partial charge on any atom is -0.382 e. The second-order valence-electron chi connectivity index (χ2n) is 3.76. The highest BCUT2D eigenvalue weighted by Gasteiger charge is 2.27. The highest BCUT2D eigenvalue weighted by atomic mass is 32.1. The lowest BCUT2D eigenvalue weighted by Gasteiger charge is -2.03. The molecule has 1 N–H and O–H groups in total. The minimum absolute atomic E-state index is 0.629. The molecule has 16 heavy (non-hydrogen) atoms. The van der Waals surface area contributed by atoms with E-state index in [0.29, 0.717) is 25.7 Å². The average molecular weight is 243 g/mol. The summed E-state index contributed by atoms with van der Waals surface area (Å²) in [5, 5.41) is 4.10. The van der Waals surface area contributed by atoms with Crippen molar-refractivity contribution in [2.24, 2.45) is 0 Å². The van der Waals surface area contributed by atoms with Crippen LogP contribution in [0.5, 0.6) is 0 Å². The number of rotatable bonds is 8. The molecule has 1 saturated carbocycles. The number of methoxy groups -OCH3 is 1. The third-order valence-corrected chi connectivity index (χ3v) is 3.03. The molecule has 0 amide bonds. The second kappa shape index (κ2) is 6.12. The Balaban J connectivity index is 1.57. The highest BCUT2D eigenvalue weighted by molar-refractivity contribution is 7.09. The van der Waals surface area contributed by atoms with Gasteiger partial charge in [-0.05, 0) is 12.8 Å². The molecule has 0 bridgehead atoms. The molecule has 1 heterocycles. The van der Waals surface area contributed by atoms with Crippen LogP contribution in [0.1, 0.15) is 24.6 Å². The standard InChI is InChI=1S/C10H17N3O2S/c1-14-6-7-15-5-4-11-10-12-9(13-16-10)8-2-3-8/h8H,2-7H2,1H3,(H,11,12,13). The molecule has 0 atom stereocenters. The van der Waals surface area contributed by atoms with Crippen molar-refractivity contribution in [2.75, 3.05) is 38.8 Å². The normalized spacial score (nSPS) is 15.3. The van der Waals surface area contributed by atoms with Crippen LogP contribution < -0.4 is 5.32 Å². The van der Waals surface area contributed by atoms with Crippen LogP contribution in [0.2, 0.25) is 0 Å². The Labute approximate surface area is 99.3 Å². The maximum Gasteiger partial charge on any atom is 0.202 e. The average Bonchev–Trinajstić information content (AvgIpc) is 3.04. The Morgan fingerprint density at radius 3 is 3.00 bits per heavy atom. The smallest absolute Gasteiger partial charge is 0.202 e. The molecule has 0 saturated heterocycles. The molecule has 90 valence electrons. The molecule has 6 heteroatoms. The first-order valence-corrected chi connectivity index (χ1v) is 6.31. The van der Waals surface area contributed by atoms with E-state index in [9.17, 15) is 0 Å². The Kier molecular flexibility index (Phi) is 4.50. The van der Waals surface area contributed by atoms with Crippen LogP contribution in [0.3, 0.4) is 0 Å². The van der Waals surface area contributed by atoms with Crippen LogP contribution in [-0.4, -0.2) is 42.8 Å². The van der Waals surface area contributed by atoms with Crippen molar-refractivity contribution in [2.45, 2.75) is 18.8 Å². The fraction of sp³-hybridized carbons (Fsp3) is 0.800. The molecule has 0 unspecified atom stereocenters. The molecule has 5 nitrogen and oxygen atoms in total. The summed E-state index contributed by atoms with van der Waals surface area (Å²) in [5.41, 5.74) is 0. The Morgan fingerprint density at radius 1 is 1.38 bits per heavy atom. The van der Waals surface area contributed by atoms with Gasteiger partial charge in [0.2, 0.25) is 5.13 Å². The Hall–Kier alpha value is -0.720. The van der Waals surface area contributed by atoms with Gasteiger partial charge in [0.05, 0.1) is 19.8 Å². The van der Waals surface area contributed by atoms with Gasteiger partial charge in [0.15, 0.2) is 0 Å². The topological polar surface area (TPSA) is 56.3 Å². The molecule has 2 rings (SSSR count). The summed E-state index contributed by atoms with van der Waals surface area (Å²) in [6.45, 7) is 2.72. The SMILES string of the molecule is COCCOCCNc1nc(C2CC2)ns1. The third-order valence-electron chi connectivity index (χ3n) is 2.34. The zero-order valence-electron chi connectivity index (χ0n) is 9.44. The predicted molar refractivity (Wildman–Crippen MR) is 63.1 cm³/mol. The fourth-order valence-corrected chi connectivity index (χ4v) is 1.96. The Bertz CT molecular complexity index is 315. The van der Waals surface area contributed by atoms with E-state index in [1.165, 1.54) is 24.4 Å². The van der Waals surface area contributed by atoms with E-state index in [-0.39, 0.29) is 0 Å². The minimum atomic E-state index is 0.629. The van der Waals surface area contributed by atoms with Crippen LogP contribution in [0.15, 0.2) is 0 Å². The Morgan fingerprint density at radius 2 is 2.25 bits per heavy atom. The summed E-state index contributed by atoms with van der Waals surface area (Å²) >= 11 is 1.43. The van der Waals surface area contributed by atoms with E-state index >= 15 is 0 Å². The summed E-state index contributed by atoms with van der Waals surface area (Å²) in [7, 11) is 1.67. The van der Waals surface area contributed by atoms with Crippen LogP contribution in [0.4, 0.5) is 5.13 Å². The van der Waals surface area contributed by atoms with Gasteiger partial charge in [-0.3, -0.25) is 0 Å². The molecule has 0 aromatic carbocycles. The van der Waals surface area contributed by atoms with E-state index in [0.717, 1.165) is 17.5 Å². The number of aromatic nitrogens is 2. The zero-order valence-corrected chi connectivity index (χ0v) is 10.3. The van der Waals surface area contributed by atoms with Crippen molar-refractivity contribution in [3.05, 3.63) is 5.82 Å². The summed E-state index contributed by atoms with van der Waals surface area (Å²) in [6, 6.07) is 0. The highest BCUT2D eigenvalue weighted by Crippen LogP contribution is 2.39. The number of nitrogens with one attached hydrogen (secondary N) is 1. The molecule has 1 fully saturated rings. The van der Waals surface area contributed by atoms with Crippen LogP contribution in [0.25, 0.3) is 0 Å². The zero-order chi connectivity index (χ0) is 11.2. The van der Waals surface area contributed by atoms with Crippen molar-refractivity contribution < 1.29 is 9.47 Å². The van der Waals surface area contributed by atoms with Crippen LogP contribution in [-0.2, 0) is 9.47 Å². The number of nitrogens with zero attached hydrogens (tertiary/aromatic N) is 2. The first-order chi connectivity index (χ1) is 7.90. The van der Waals surface area contributed by atoms with E-state index in [2.05, 4.69) is 14.7 Å². The molecular weight excluding hydrogens is 226 g/mol. The number of hydrogen-bond acceptors (Lipinski definition) is 6. The van der Waals surface area contributed by atoms with Crippen molar-refractivity contribution in [1.29, 1.82) is 0 Å². The first kappa shape index (κ1) is 11.8. The quantitative estimate of drug-likeness (QED) is 0.701. The summed E-state index contributed by atoms with van der Waals surface area (Å²) in [4.78, 5) is 4.42. The summed E-state index contributed by atoms with van der Waals surface area (Å²) < 4.78 is 14.5. The van der Waals surface area contributed by atoms with Crippen molar-refractivity contribution in [3.63, 3.8) is 0 Å². The van der Waals surface area contributed by atoms with Crippen molar-refractivity contribution >= 4 is 16.7 Å². The van der Waals surface area contributed by atoms with Crippen molar-refractivity contribution in [3.8, 4) is 0 Å². The lowest BCUT2D eigenvalue weighted by molar-refractivity contribution is 0.0759. The van der Waals surface area contributed by atoms with Gasteiger partial charge < -0.3 is 14.8 Å². The molecule has 1 aliphatic carbocycles. The van der Waals surface area contributed by atoms with E-state index in [1.54, 1.807) is 7.11 Å². The molecule has 1 aliphatic rings. The van der Waals surface area contributed by atoms with Crippen LogP contribution in [0, 0.1) is 0 Å². The molecular formula is C10H17N3O2S.